The van der Waals surface area contributed by atoms with Crippen molar-refractivity contribution in [2.45, 2.75) is 41.5 Å². The maximum atomic E-state index is 12.5. The molecule has 0 aliphatic carbocycles. The molecule has 6 heteroatoms. The van der Waals surface area contributed by atoms with E-state index in [2.05, 4.69) is 37.2 Å². The third kappa shape index (κ3) is 4.42. The van der Waals surface area contributed by atoms with Gasteiger partial charge in [0, 0.05) is 70.3 Å². The summed E-state index contributed by atoms with van der Waals surface area (Å²) in [5.74, 6) is -0.422. The lowest BCUT2D eigenvalue weighted by Crippen LogP contribution is -2.04. The molecule has 0 saturated heterocycles. The Morgan fingerprint density at radius 2 is 0.611 bits per heavy atom. The van der Waals surface area contributed by atoms with Gasteiger partial charge in [-0.05, 0) is 60.0 Å². The van der Waals surface area contributed by atoms with Crippen molar-refractivity contribution in [1.29, 1.82) is 0 Å². The Morgan fingerprint density at radius 3 is 0.778 bits per heavy atom. The molecule has 0 atom stereocenters. The average Bonchev–Trinajstić information content (AvgIpc) is 2.87. The zero-order valence-electron chi connectivity index (χ0n) is 21.0. The summed E-state index contributed by atoms with van der Waals surface area (Å²) < 4.78 is 0. The minimum absolute atomic E-state index is 0.106. The van der Waals surface area contributed by atoms with Gasteiger partial charge in [-0.1, -0.05) is 62.4 Å². The molecule has 4 nitrogen and oxygen atoms in total. The van der Waals surface area contributed by atoms with Gasteiger partial charge in [-0.15, -0.1) is 0 Å². The van der Waals surface area contributed by atoms with E-state index < -0.39 is 0 Å². The normalized spacial score (nSPS) is 10.7. The molecule has 184 valence electrons. The lowest BCUT2D eigenvalue weighted by Gasteiger charge is -2.19. The van der Waals surface area contributed by atoms with Crippen LogP contribution in [0.2, 0.25) is 0 Å². The molecular weight excluding hydrogens is 678 g/mol. The van der Waals surface area contributed by atoms with Crippen molar-refractivity contribution < 1.29 is 19.2 Å². The Morgan fingerprint density at radius 1 is 0.417 bits per heavy atom. The van der Waals surface area contributed by atoms with Crippen LogP contribution in [0.25, 0.3) is 43.1 Å². The van der Waals surface area contributed by atoms with Crippen LogP contribution in [0.3, 0.4) is 0 Å². The quantitative estimate of drug-likeness (QED) is 0.0810. The van der Waals surface area contributed by atoms with Crippen LogP contribution in [0, 0.1) is 0 Å². The minimum Gasteiger partial charge on any atom is -0.294 e. The first-order valence-corrected chi connectivity index (χ1v) is 17.9. The van der Waals surface area contributed by atoms with Crippen LogP contribution in [0.15, 0.2) is 48.5 Å². The Balaban J connectivity index is 0.000000861. The van der Waals surface area contributed by atoms with Gasteiger partial charge in [0.1, 0.15) is 0 Å². The van der Waals surface area contributed by atoms with Crippen molar-refractivity contribution in [1.82, 2.24) is 0 Å². The average molecular weight is 704 g/mol. The second-order valence-corrected chi connectivity index (χ2v) is 8.37. The molecule has 0 N–H and O–H groups in total. The summed E-state index contributed by atoms with van der Waals surface area (Å²) in [6.45, 7) is 10.0. The van der Waals surface area contributed by atoms with E-state index in [1.54, 1.807) is 24.3 Å². The fourth-order valence-electron chi connectivity index (χ4n) is 5.06. The van der Waals surface area contributed by atoms with Gasteiger partial charge in [-0.2, -0.15) is 0 Å². The lowest BCUT2D eigenvalue weighted by atomic mass is 9.83. The highest BCUT2D eigenvalue weighted by Gasteiger charge is 2.23. The number of benzene rings is 5. The summed E-state index contributed by atoms with van der Waals surface area (Å²) in [7, 11) is 0. The van der Waals surface area contributed by atoms with Crippen LogP contribution in [0.4, 0.5) is 0 Å². The second kappa shape index (κ2) is 11.3. The predicted molar refractivity (Wildman–Crippen MR) is 167 cm³/mol. The third-order valence-electron chi connectivity index (χ3n) is 6.42. The third-order valence-corrected chi connectivity index (χ3v) is 6.42. The number of carbonyl (C=O) groups is 4. The number of halogens is 2. The topological polar surface area (TPSA) is 68.3 Å². The molecule has 5 aromatic rings. The molecule has 0 unspecified atom stereocenters. The first-order valence-electron chi connectivity index (χ1n) is 11.6. The van der Waals surface area contributed by atoms with E-state index in [0.29, 0.717) is 33.0 Å². The van der Waals surface area contributed by atoms with Gasteiger partial charge in [0.05, 0.1) is 0 Å². The highest BCUT2D eigenvalue weighted by Crippen LogP contribution is 2.44. The van der Waals surface area contributed by atoms with E-state index in [1.165, 1.54) is 27.7 Å². The Hall–Kier alpha value is -2.46. The molecule has 5 rings (SSSR count). The molecular formula is C30H26I2O4. The summed E-state index contributed by atoms with van der Waals surface area (Å²) in [6, 6.07) is 14.7. The van der Waals surface area contributed by atoms with Crippen molar-refractivity contribution in [3.8, 4) is 0 Å². The summed E-state index contributed by atoms with van der Waals surface area (Å²) in [6.07, 6.45) is 0. The number of carbonyl (C=O) groups excluding carboxylic acids is 4. The zero-order chi connectivity index (χ0) is 26.9. The Bertz CT molecular complexity index is 1440. The van der Waals surface area contributed by atoms with Crippen LogP contribution in [0.5, 0.6) is 0 Å². The van der Waals surface area contributed by atoms with E-state index in [0.717, 1.165) is 32.3 Å². The number of ketones is 4. The van der Waals surface area contributed by atoms with Crippen LogP contribution in [0.1, 0.15) is 83.0 Å². The standard InChI is InChI=1S/C28H20O4.C2H6.I2/c1-13(29)17-5-9-21-23-11-7-19(15(3)31)26-20(16(4)32)8-12-24(28(23)26)22-10-6-18(14(2)30)25(17)27(21)22;2*1-2/h5-12H,1-4H3;1-2H3;. The molecule has 0 aliphatic heterocycles. The van der Waals surface area contributed by atoms with E-state index in [1.807, 2.05) is 38.1 Å². The molecule has 0 aliphatic rings. The number of fused-ring (bicyclic) bond motifs is 2. The van der Waals surface area contributed by atoms with Gasteiger partial charge >= 0.3 is 0 Å². The number of Topliss-reactive ketones (excluding diaryl/α,β-unsaturated/α-hetero) is 4. The monoisotopic (exact) mass is 704 g/mol. The van der Waals surface area contributed by atoms with Crippen LogP contribution < -0.4 is 0 Å². The first kappa shape index (κ1) is 28.1. The molecule has 0 amide bonds. The van der Waals surface area contributed by atoms with Crippen LogP contribution >= 0.6 is 37.2 Å². The largest absolute Gasteiger partial charge is 0.294 e. The van der Waals surface area contributed by atoms with Gasteiger partial charge in [-0.25, -0.2) is 0 Å². The second-order valence-electron chi connectivity index (χ2n) is 8.37. The summed E-state index contributed by atoms with van der Waals surface area (Å²) in [4.78, 5) is 49.8. The van der Waals surface area contributed by atoms with E-state index in [-0.39, 0.29) is 23.1 Å². The minimum atomic E-state index is -0.106. The van der Waals surface area contributed by atoms with Crippen molar-refractivity contribution in [2.75, 3.05) is 0 Å². The van der Waals surface area contributed by atoms with E-state index in [9.17, 15) is 19.2 Å². The maximum absolute atomic E-state index is 12.5. The van der Waals surface area contributed by atoms with Crippen LogP contribution in [-0.2, 0) is 0 Å². The Kier molecular flexibility index (Phi) is 8.82. The molecule has 36 heavy (non-hydrogen) atoms. The van der Waals surface area contributed by atoms with Crippen molar-refractivity contribution >= 4 is 103 Å². The van der Waals surface area contributed by atoms with Gasteiger partial charge in [0.2, 0.25) is 0 Å². The molecule has 0 spiro atoms. The highest BCUT2D eigenvalue weighted by atomic mass is 128. The molecule has 0 heterocycles. The van der Waals surface area contributed by atoms with E-state index >= 15 is 0 Å². The highest BCUT2D eigenvalue weighted by molar-refractivity contribution is 15.0. The summed E-state index contributed by atoms with van der Waals surface area (Å²) in [5, 5.41) is 6.56. The Labute approximate surface area is 233 Å². The van der Waals surface area contributed by atoms with Crippen molar-refractivity contribution in [3.05, 3.63) is 70.8 Å². The molecule has 5 aromatic carbocycles. The molecule has 0 aromatic heterocycles. The molecule has 0 radical (unpaired) electrons. The maximum Gasteiger partial charge on any atom is 0.160 e. The SMILES string of the molecule is CC.CC(=O)c1ccc2c3ccc(C(C)=O)c4c(C(C)=O)ccc(c5ccc(C(C)=O)c1c25)c43.II. The van der Waals surface area contributed by atoms with Gasteiger partial charge in [0.25, 0.3) is 0 Å². The molecule has 0 bridgehead atoms. The van der Waals surface area contributed by atoms with Crippen LogP contribution in [-0.4, -0.2) is 23.1 Å². The number of hydrogen-bond donors (Lipinski definition) is 0. The van der Waals surface area contributed by atoms with E-state index in [4.69, 9.17) is 0 Å². The fourth-order valence-corrected chi connectivity index (χ4v) is 5.06. The lowest BCUT2D eigenvalue weighted by molar-refractivity contribution is 0.100. The van der Waals surface area contributed by atoms with Crippen molar-refractivity contribution in [3.63, 3.8) is 0 Å². The number of hydrogen-bond acceptors (Lipinski definition) is 4. The van der Waals surface area contributed by atoms with Gasteiger partial charge in [0.15, 0.2) is 23.1 Å². The molecule has 0 fully saturated rings. The smallest absolute Gasteiger partial charge is 0.160 e. The predicted octanol–water partition coefficient (Wildman–Crippen LogP) is 9.35. The molecule has 0 saturated carbocycles. The summed E-state index contributed by atoms with van der Waals surface area (Å²) in [5.41, 5.74) is 2.04. The van der Waals surface area contributed by atoms with Crippen molar-refractivity contribution in [2.24, 2.45) is 0 Å². The summed E-state index contributed by atoms with van der Waals surface area (Å²) >= 11 is 4.24. The zero-order valence-corrected chi connectivity index (χ0v) is 25.3. The van der Waals surface area contributed by atoms with Gasteiger partial charge < -0.3 is 0 Å². The van der Waals surface area contributed by atoms with Gasteiger partial charge in [-0.3, -0.25) is 19.2 Å². The fraction of sp³-hybridized carbons (Fsp3) is 0.200. The first-order chi connectivity index (χ1) is 17.2. The number of rotatable bonds is 4.